The number of hydrogen-bond donors (Lipinski definition) is 0. The summed E-state index contributed by atoms with van der Waals surface area (Å²) in [4.78, 5) is 24.2. The third kappa shape index (κ3) is 12.3. The molecule has 0 heterocycles. The van der Waals surface area contributed by atoms with E-state index >= 15 is 0 Å². The van der Waals surface area contributed by atoms with Gasteiger partial charge in [-0.15, -0.1) is 13.3 Å². The SMILES string of the molecule is C/C=C(\C)[CH-]C/C=C(/C)CCCC(C)C(OPP)C(C)C(=O)C(C)(C)C(C[C-]=O)OP.[W+2]. The smallest absolute Gasteiger partial charge is 0.542 e. The Morgan fingerprint density at radius 1 is 1.28 bits per heavy atom. The molecule has 0 bridgehead atoms. The summed E-state index contributed by atoms with van der Waals surface area (Å²) in [5, 5.41) is 0. The van der Waals surface area contributed by atoms with Gasteiger partial charge in [0, 0.05) is 35.4 Å². The second kappa shape index (κ2) is 18.9. The van der Waals surface area contributed by atoms with Gasteiger partial charge in [-0.25, -0.2) is 18.1 Å². The summed E-state index contributed by atoms with van der Waals surface area (Å²) in [7, 11) is 5.03. The topological polar surface area (TPSA) is 52.6 Å². The Balaban J connectivity index is 0. The van der Waals surface area contributed by atoms with Gasteiger partial charge < -0.3 is 13.8 Å². The fourth-order valence-corrected chi connectivity index (χ4v) is 5.27. The summed E-state index contributed by atoms with van der Waals surface area (Å²) in [6, 6.07) is 0. The van der Waals surface area contributed by atoms with Gasteiger partial charge in [0.2, 0.25) is 0 Å². The molecule has 0 aliphatic heterocycles. The van der Waals surface area contributed by atoms with Crippen molar-refractivity contribution in [2.45, 2.75) is 92.8 Å². The molecule has 0 aromatic rings. The Kier molecular flexibility index (Phi) is 20.5. The van der Waals surface area contributed by atoms with E-state index in [0.29, 0.717) is 0 Å². The predicted octanol–water partition coefficient (Wildman–Crippen LogP) is 6.97. The first-order chi connectivity index (χ1) is 14.6. The van der Waals surface area contributed by atoms with E-state index in [2.05, 4.69) is 64.7 Å². The monoisotopic (exact) mass is 672 g/mol. The van der Waals surface area contributed by atoms with Gasteiger partial charge in [-0.3, -0.25) is 11.1 Å². The van der Waals surface area contributed by atoms with Crippen LogP contribution in [0.2, 0.25) is 0 Å². The molecule has 0 saturated heterocycles. The van der Waals surface area contributed by atoms with E-state index < -0.39 is 11.5 Å². The van der Waals surface area contributed by atoms with Gasteiger partial charge >= 0.3 is 21.1 Å². The van der Waals surface area contributed by atoms with E-state index in [9.17, 15) is 9.59 Å². The van der Waals surface area contributed by atoms with Crippen LogP contribution in [0.5, 0.6) is 0 Å². The summed E-state index contributed by atoms with van der Waals surface area (Å²) in [6.45, 7) is 14.1. The van der Waals surface area contributed by atoms with Crippen molar-refractivity contribution < 1.29 is 39.7 Å². The zero-order valence-electron chi connectivity index (χ0n) is 20.8. The van der Waals surface area contributed by atoms with Crippen LogP contribution >= 0.6 is 26.9 Å². The van der Waals surface area contributed by atoms with Crippen LogP contribution in [0.4, 0.5) is 0 Å². The van der Waals surface area contributed by atoms with Crippen LogP contribution in [0.25, 0.3) is 0 Å². The molecule has 0 N–H and O–H groups in total. The van der Waals surface area contributed by atoms with Gasteiger partial charge in [0.1, 0.15) is 5.78 Å². The van der Waals surface area contributed by atoms with Crippen LogP contribution in [-0.4, -0.2) is 24.3 Å². The minimum Gasteiger partial charge on any atom is -0.542 e. The molecule has 0 spiro atoms. The second-order valence-corrected chi connectivity index (χ2v) is 10.4. The normalized spacial score (nSPS) is 16.9. The fourth-order valence-electron chi connectivity index (χ4n) is 3.77. The first kappa shape index (κ1) is 34.8. The molecular weight excluding hydrogens is 629 g/mol. The summed E-state index contributed by atoms with van der Waals surface area (Å²) in [5.74, 6) is 0.0177. The first-order valence-electron chi connectivity index (χ1n) is 11.0. The second-order valence-electron chi connectivity index (χ2n) is 8.94. The van der Waals surface area contributed by atoms with Crippen LogP contribution in [0, 0.1) is 23.7 Å². The molecular formula is C24H43O4P3W. The van der Waals surface area contributed by atoms with Crippen molar-refractivity contribution in [2.75, 3.05) is 0 Å². The summed E-state index contributed by atoms with van der Waals surface area (Å²) in [6.07, 6.45) is 12.0. The van der Waals surface area contributed by atoms with Crippen molar-refractivity contribution in [3.05, 3.63) is 29.7 Å². The Bertz CT molecular complexity index is 608. The molecule has 0 radical (unpaired) electrons. The third-order valence-corrected chi connectivity index (χ3v) is 7.28. The molecule has 0 aliphatic carbocycles. The van der Waals surface area contributed by atoms with Crippen molar-refractivity contribution in [2.24, 2.45) is 17.3 Å². The van der Waals surface area contributed by atoms with Gasteiger partial charge in [0.25, 0.3) is 0 Å². The van der Waals surface area contributed by atoms with Gasteiger partial charge in [-0.05, 0) is 32.1 Å². The number of allylic oxidation sites excluding steroid dienone is 4. The van der Waals surface area contributed by atoms with E-state index in [0.717, 1.165) is 25.7 Å². The van der Waals surface area contributed by atoms with Crippen LogP contribution in [-0.2, 0) is 39.7 Å². The molecule has 8 heteroatoms. The van der Waals surface area contributed by atoms with Crippen molar-refractivity contribution >= 4 is 39.0 Å². The molecule has 0 aromatic heterocycles. The van der Waals surface area contributed by atoms with Crippen LogP contribution in [0.15, 0.2) is 23.3 Å². The maximum atomic E-state index is 13.3. The molecule has 0 rings (SSSR count). The Morgan fingerprint density at radius 2 is 1.91 bits per heavy atom. The maximum Gasteiger partial charge on any atom is 2.00 e. The van der Waals surface area contributed by atoms with Gasteiger partial charge in [-0.1, -0.05) is 61.6 Å². The molecule has 32 heavy (non-hydrogen) atoms. The largest absolute Gasteiger partial charge is 2.00 e. The molecule has 0 amide bonds. The number of hydrogen-bond acceptors (Lipinski definition) is 4. The molecule has 0 aliphatic rings. The summed E-state index contributed by atoms with van der Waals surface area (Å²) < 4.78 is 11.4. The van der Waals surface area contributed by atoms with Gasteiger partial charge in [0.05, 0.1) is 6.10 Å². The fraction of sp³-hybridized carbons (Fsp3) is 0.708. The van der Waals surface area contributed by atoms with Crippen LogP contribution < -0.4 is 0 Å². The van der Waals surface area contributed by atoms with E-state index in [4.69, 9.17) is 9.05 Å². The quantitative estimate of drug-likeness (QED) is 0.0952. The number of carbonyl (C=O) groups excluding carboxylic acids is 2. The average molecular weight is 672 g/mol. The Labute approximate surface area is 217 Å². The minimum atomic E-state index is -0.801. The number of rotatable bonds is 17. The molecule has 0 aromatic carbocycles. The third-order valence-electron chi connectivity index (χ3n) is 6.14. The molecule has 0 saturated carbocycles. The van der Waals surface area contributed by atoms with Crippen molar-refractivity contribution in [1.82, 2.24) is 0 Å². The standard InChI is InChI=1S/C24H43O4P3.W/c1-8-17(2)11-9-12-18(3)13-10-14-19(4)22(28-31-30)20(5)23(26)24(6,7)21(27-29)15-16-25;/h8,11-12,19-22,31H,9-10,13-15,29-30H2,1-7H3;/q-2;+2/b17-8+,18-12-;. The number of ketones is 1. The van der Waals surface area contributed by atoms with Crippen molar-refractivity contribution in [3.8, 4) is 0 Å². The van der Waals surface area contributed by atoms with Crippen molar-refractivity contribution in [3.63, 3.8) is 0 Å². The molecule has 0 fully saturated rings. The van der Waals surface area contributed by atoms with Crippen LogP contribution in [0.3, 0.4) is 0 Å². The van der Waals surface area contributed by atoms with Crippen LogP contribution in [0.1, 0.15) is 80.6 Å². The average Bonchev–Trinajstić information content (AvgIpc) is 2.74. The molecule has 4 nitrogen and oxygen atoms in total. The maximum absolute atomic E-state index is 13.3. The van der Waals surface area contributed by atoms with Crippen molar-refractivity contribution in [1.29, 1.82) is 0 Å². The van der Waals surface area contributed by atoms with Gasteiger partial charge in [-0.2, -0.15) is 0 Å². The summed E-state index contributed by atoms with van der Waals surface area (Å²) >= 11 is 0. The minimum absolute atomic E-state index is 0. The molecule has 7 atom stereocenters. The Morgan fingerprint density at radius 3 is 2.41 bits per heavy atom. The van der Waals surface area contributed by atoms with E-state index in [1.165, 1.54) is 11.1 Å². The number of Topliss-reactive ketones (excluding diaryl/α,β-unsaturated/α-hetero) is 1. The van der Waals surface area contributed by atoms with E-state index in [1.807, 2.05) is 27.1 Å². The number of carbonyl (C=O) groups is 1. The first-order valence-corrected chi connectivity index (χ1v) is 14.2. The molecule has 7 unspecified atom stereocenters. The summed E-state index contributed by atoms with van der Waals surface area (Å²) in [5.41, 5.74) is 1.90. The predicted molar refractivity (Wildman–Crippen MR) is 141 cm³/mol. The zero-order valence-corrected chi connectivity index (χ0v) is 27.0. The van der Waals surface area contributed by atoms with Gasteiger partial charge in [0.15, 0.2) is 0 Å². The van der Waals surface area contributed by atoms with E-state index in [1.54, 1.807) is 0 Å². The zero-order chi connectivity index (χ0) is 24.0. The Hall–Kier alpha value is 0.588. The van der Waals surface area contributed by atoms with E-state index in [-0.39, 0.29) is 59.7 Å². The molecule has 184 valence electrons.